The fourth-order valence-corrected chi connectivity index (χ4v) is 1.94. The molecular weight excluding hydrogens is 243 g/mol. The zero-order chi connectivity index (χ0) is 12.1. The van der Waals surface area contributed by atoms with Crippen molar-refractivity contribution >= 4 is 23.2 Å². The van der Waals surface area contributed by atoms with Crippen molar-refractivity contribution in [3.8, 4) is 0 Å². The smallest absolute Gasteiger partial charge is 0.0595 e. The number of hydrogen-bond acceptors (Lipinski definition) is 2. The molecule has 0 bridgehead atoms. The van der Waals surface area contributed by atoms with Gasteiger partial charge in [0.15, 0.2) is 0 Å². The van der Waals surface area contributed by atoms with Crippen molar-refractivity contribution in [2.75, 3.05) is 7.05 Å². The molecule has 4 heteroatoms. The van der Waals surface area contributed by atoms with Crippen LogP contribution >= 0.6 is 23.2 Å². The summed E-state index contributed by atoms with van der Waals surface area (Å²) >= 11 is 11.9. The zero-order valence-electron chi connectivity index (χ0n) is 9.63. The van der Waals surface area contributed by atoms with Crippen LogP contribution in [0.5, 0.6) is 0 Å². The van der Waals surface area contributed by atoms with Crippen LogP contribution in [-0.2, 0) is 0 Å². The van der Waals surface area contributed by atoms with E-state index in [1.807, 2.05) is 32.2 Å². The van der Waals surface area contributed by atoms with Gasteiger partial charge in [0.05, 0.1) is 10.0 Å². The van der Waals surface area contributed by atoms with Gasteiger partial charge in [0.25, 0.3) is 0 Å². The second-order valence-electron chi connectivity index (χ2n) is 4.07. The normalized spacial score (nSPS) is 14.8. The highest BCUT2D eigenvalue weighted by Crippen LogP contribution is 2.27. The Hall–Kier alpha value is -0.280. The Labute approximate surface area is 107 Å². The minimum Gasteiger partial charge on any atom is -0.328 e. The van der Waals surface area contributed by atoms with Gasteiger partial charge >= 0.3 is 0 Å². The minimum atomic E-state index is 0.221. The molecule has 1 aromatic carbocycles. The van der Waals surface area contributed by atoms with Crippen molar-refractivity contribution < 1.29 is 0 Å². The molecule has 0 aromatic heterocycles. The molecule has 0 saturated carbocycles. The number of nitrogens with two attached hydrogens (primary N) is 1. The summed E-state index contributed by atoms with van der Waals surface area (Å²) in [6, 6.07) is 6.23. The maximum absolute atomic E-state index is 5.99. The molecule has 0 radical (unpaired) electrons. The number of hydrogen-bond donors (Lipinski definition) is 2. The molecule has 0 aliphatic carbocycles. The summed E-state index contributed by atoms with van der Waals surface area (Å²) < 4.78 is 0. The first-order valence-electron chi connectivity index (χ1n) is 5.42. The highest BCUT2D eigenvalue weighted by molar-refractivity contribution is 6.42. The molecule has 2 unspecified atom stereocenters. The van der Waals surface area contributed by atoms with Crippen LogP contribution in [0.2, 0.25) is 10.0 Å². The molecule has 16 heavy (non-hydrogen) atoms. The number of nitrogens with one attached hydrogen (secondary N) is 1. The molecule has 0 amide bonds. The van der Waals surface area contributed by atoms with E-state index >= 15 is 0 Å². The van der Waals surface area contributed by atoms with E-state index in [0.717, 1.165) is 18.4 Å². The third-order valence-electron chi connectivity index (χ3n) is 2.61. The average molecular weight is 261 g/mol. The van der Waals surface area contributed by atoms with Gasteiger partial charge < -0.3 is 11.1 Å². The number of halogens is 2. The van der Waals surface area contributed by atoms with Gasteiger partial charge in [0.1, 0.15) is 0 Å². The van der Waals surface area contributed by atoms with Crippen LogP contribution in [0.15, 0.2) is 18.2 Å². The average Bonchev–Trinajstić information content (AvgIpc) is 2.23. The van der Waals surface area contributed by atoms with Gasteiger partial charge in [-0.25, -0.2) is 0 Å². The predicted octanol–water partition coefficient (Wildman–Crippen LogP) is 3.38. The number of benzene rings is 1. The van der Waals surface area contributed by atoms with Crippen LogP contribution in [0.25, 0.3) is 0 Å². The predicted molar refractivity (Wildman–Crippen MR) is 71.1 cm³/mol. The second kappa shape index (κ2) is 6.45. The first-order chi connectivity index (χ1) is 7.54. The van der Waals surface area contributed by atoms with Crippen molar-refractivity contribution in [2.24, 2.45) is 5.73 Å². The van der Waals surface area contributed by atoms with Crippen LogP contribution in [0.3, 0.4) is 0 Å². The Morgan fingerprint density at radius 1 is 1.25 bits per heavy atom. The molecule has 0 heterocycles. The maximum atomic E-state index is 5.99. The summed E-state index contributed by atoms with van der Waals surface area (Å²) in [6.07, 6.45) is 1.97. The van der Waals surface area contributed by atoms with Gasteiger partial charge in [0, 0.05) is 12.1 Å². The highest BCUT2D eigenvalue weighted by Gasteiger charge is 2.11. The second-order valence-corrected chi connectivity index (χ2v) is 4.88. The summed E-state index contributed by atoms with van der Waals surface area (Å²) in [5.74, 6) is 0. The molecule has 0 saturated heterocycles. The third kappa shape index (κ3) is 3.95. The Morgan fingerprint density at radius 3 is 2.44 bits per heavy atom. The summed E-state index contributed by atoms with van der Waals surface area (Å²) in [7, 11) is 1.94. The standard InChI is InChI=1S/C12H18Cl2N2/c1-8(15)3-6-12(16-2)9-4-5-10(13)11(14)7-9/h4-5,7-8,12,16H,3,6,15H2,1-2H3. The van der Waals surface area contributed by atoms with E-state index in [1.54, 1.807) is 0 Å². The minimum absolute atomic E-state index is 0.221. The molecule has 2 atom stereocenters. The zero-order valence-corrected chi connectivity index (χ0v) is 11.1. The molecule has 90 valence electrons. The summed E-state index contributed by atoms with van der Waals surface area (Å²) in [5, 5.41) is 4.45. The largest absolute Gasteiger partial charge is 0.328 e. The summed E-state index contributed by atoms with van der Waals surface area (Å²) in [5.41, 5.74) is 6.90. The van der Waals surface area contributed by atoms with Crippen LogP contribution in [0, 0.1) is 0 Å². The van der Waals surface area contributed by atoms with Gasteiger partial charge in [-0.3, -0.25) is 0 Å². The van der Waals surface area contributed by atoms with Crippen molar-refractivity contribution in [1.82, 2.24) is 5.32 Å². The molecule has 2 nitrogen and oxygen atoms in total. The quantitative estimate of drug-likeness (QED) is 0.852. The molecule has 0 aliphatic heterocycles. The van der Waals surface area contributed by atoms with E-state index < -0.39 is 0 Å². The molecular formula is C12H18Cl2N2. The van der Waals surface area contributed by atoms with Crippen LogP contribution in [-0.4, -0.2) is 13.1 Å². The third-order valence-corrected chi connectivity index (χ3v) is 3.34. The fraction of sp³-hybridized carbons (Fsp3) is 0.500. The molecule has 0 fully saturated rings. The molecule has 1 aromatic rings. The van der Waals surface area contributed by atoms with Gasteiger partial charge in [-0.05, 0) is 44.5 Å². The van der Waals surface area contributed by atoms with Gasteiger partial charge in [-0.15, -0.1) is 0 Å². The summed E-state index contributed by atoms with van der Waals surface area (Å²) in [6.45, 7) is 2.02. The molecule has 0 aliphatic rings. The Balaban J connectivity index is 2.74. The van der Waals surface area contributed by atoms with Gasteiger partial charge in [0.2, 0.25) is 0 Å². The van der Waals surface area contributed by atoms with E-state index in [0.29, 0.717) is 10.0 Å². The highest BCUT2D eigenvalue weighted by atomic mass is 35.5. The molecule has 1 rings (SSSR count). The van der Waals surface area contributed by atoms with Crippen molar-refractivity contribution in [3.63, 3.8) is 0 Å². The molecule has 3 N–H and O–H groups in total. The van der Waals surface area contributed by atoms with E-state index in [-0.39, 0.29) is 12.1 Å². The van der Waals surface area contributed by atoms with Crippen LogP contribution in [0.4, 0.5) is 0 Å². The maximum Gasteiger partial charge on any atom is 0.0595 e. The Bertz CT molecular complexity index is 340. The first-order valence-corrected chi connectivity index (χ1v) is 6.18. The number of rotatable bonds is 5. The van der Waals surface area contributed by atoms with Crippen LogP contribution in [0.1, 0.15) is 31.4 Å². The van der Waals surface area contributed by atoms with Crippen molar-refractivity contribution in [3.05, 3.63) is 33.8 Å². The molecule has 0 spiro atoms. The van der Waals surface area contributed by atoms with E-state index in [9.17, 15) is 0 Å². The Morgan fingerprint density at radius 2 is 1.94 bits per heavy atom. The van der Waals surface area contributed by atoms with E-state index in [2.05, 4.69) is 5.32 Å². The van der Waals surface area contributed by atoms with Gasteiger partial charge in [-0.1, -0.05) is 29.3 Å². The van der Waals surface area contributed by atoms with E-state index in [4.69, 9.17) is 28.9 Å². The van der Waals surface area contributed by atoms with Crippen molar-refractivity contribution in [1.29, 1.82) is 0 Å². The van der Waals surface area contributed by atoms with Gasteiger partial charge in [-0.2, -0.15) is 0 Å². The Kier molecular flexibility index (Phi) is 5.56. The monoisotopic (exact) mass is 260 g/mol. The van der Waals surface area contributed by atoms with Crippen LogP contribution < -0.4 is 11.1 Å². The lowest BCUT2D eigenvalue weighted by Crippen LogP contribution is -2.21. The lowest BCUT2D eigenvalue weighted by molar-refractivity contribution is 0.496. The SMILES string of the molecule is CNC(CCC(C)N)c1ccc(Cl)c(Cl)c1. The van der Waals surface area contributed by atoms with E-state index in [1.165, 1.54) is 0 Å². The lowest BCUT2D eigenvalue weighted by atomic mass is 10.0. The summed E-state index contributed by atoms with van der Waals surface area (Å²) in [4.78, 5) is 0. The lowest BCUT2D eigenvalue weighted by Gasteiger charge is -2.18. The topological polar surface area (TPSA) is 38.0 Å². The fourth-order valence-electron chi connectivity index (χ4n) is 1.64. The van der Waals surface area contributed by atoms with Crippen molar-refractivity contribution in [2.45, 2.75) is 31.8 Å². The first kappa shape index (κ1) is 13.8.